The van der Waals surface area contributed by atoms with Crippen LogP contribution in [0.4, 0.5) is 11.4 Å². The molecule has 2 rings (SSSR count). The van der Waals surface area contributed by atoms with Crippen molar-refractivity contribution in [1.82, 2.24) is 5.32 Å². The zero-order chi connectivity index (χ0) is 20.5. The fraction of sp³-hybridized carbons (Fsp3) is 0.278. The first-order valence-corrected chi connectivity index (χ1v) is 9.32. The third-order valence-corrected chi connectivity index (χ3v) is 4.39. The molecule has 2 aromatic rings. The summed E-state index contributed by atoms with van der Waals surface area (Å²) in [5, 5.41) is 19.6. The van der Waals surface area contributed by atoms with Crippen LogP contribution in [0.25, 0.3) is 0 Å². The van der Waals surface area contributed by atoms with Crippen LogP contribution in [0.5, 0.6) is 0 Å². The molecule has 0 unspecified atom stereocenters. The molecule has 2 amide bonds. The highest BCUT2D eigenvalue weighted by molar-refractivity contribution is 7.08. The highest BCUT2D eigenvalue weighted by atomic mass is 32.1. The van der Waals surface area contributed by atoms with Crippen LogP contribution in [0, 0.1) is 17.0 Å². The van der Waals surface area contributed by atoms with Crippen molar-refractivity contribution in [3.05, 3.63) is 56.3 Å². The Balaban J connectivity index is 1.71. The van der Waals surface area contributed by atoms with E-state index in [1.807, 2.05) is 0 Å². The molecular weight excluding hydrogens is 386 g/mol. The largest absolute Gasteiger partial charge is 0.456 e. The summed E-state index contributed by atoms with van der Waals surface area (Å²) in [6.07, 6.45) is 0.390. The SMILES string of the molecule is Cc1cccc([N+](=O)[O-])c1NC(=O)COC(=O)CCCNC(=O)c1ccsc1. The minimum atomic E-state index is -0.670. The summed E-state index contributed by atoms with van der Waals surface area (Å²) in [5.74, 6) is -1.48. The third-order valence-electron chi connectivity index (χ3n) is 3.70. The maximum atomic E-state index is 11.9. The number of para-hydroxylation sites is 1. The molecule has 28 heavy (non-hydrogen) atoms. The molecule has 0 saturated carbocycles. The number of nitro benzene ring substituents is 1. The summed E-state index contributed by atoms with van der Waals surface area (Å²) in [4.78, 5) is 45.8. The number of ether oxygens (including phenoxy) is 1. The first kappa shape index (κ1) is 21.0. The number of amides is 2. The molecule has 0 aliphatic heterocycles. The monoisotopic (exact) mass is 405 g/mol. The van der Waals surface area contributed by atoms with Crippen LogP contribution in [0.1, 0.15) is 28.8 Å². The average Bonchev–Trinajstić information content (AvgIpc) is 3.19. The molecule has 0 bridgehead atoms. The highest BCUT2D eigenvalue weighted by Gasteiger charge is 2.18. The van der Waals surface area contributed by atoms with Gasteiger partial charge in [-0.25, -0.2) is 0 Å². The maximum absolute atomic E-state index is 11.9. The van der Waals surface area contributed by atoms with E-state index in [0.29, 0.717) is 24.1 Å². The van der Waals surface area contributed by atoms with Crippen LogP contribution in [0.15, 0.2) is 35.0 Å². The number of nitro groups is 1. The zero-order valence-corrected chi connectivity index (χ0v) is 15.9. The van der Waals surface area contributed by atoms with Crippen molar-refractivity contribution in [2.24, 2.45) is 0 Å². The van der Waals surface area contributed by atoms with Gasteiger partial charge in [0.25, 0.3) is 17.5 Å². The van der Waals surface area contributed by atoms with Gasteiger partial charge in [0.1, 0.15) is 5.69 Å². The lowest BCUT2D eigenvalue weighted by Gasteiger charge is -2.09. The van der Waals surface area contributed by atoms with E-state index in [0.717, 1.165) is 0 Å². The Morgan fingerprint density at radius 1 is 1.25 bits per heavy atom. The summed E-state index contributed by atoms with van der Waals surface area (Å²) in [6, 6.07) is 6.12. The summed E-state index contributed by atoms with van der Waals surface area (Å²) in [7, 11) is 0. The van der Waals surface area contributed by atoms with E-state index in [2.05, 4.69) is 10.6 Å². The number of nitrogens with one attached hydrogen (secondary N) is 2. The molecule has 0 atom stereocenters. The smallest absolute Gasteiger partial charge is 0.306 e. The molecule has 1 heterocycles. The number of hydrogen-bond acceptors (Lipinski definition) is 7. The molecule has 0 saturated heterocycles. The van der Waals surface area contributed by atoms with E-state index < -0.39 is 23.4 Å². The van der Waals surface area contributed by atoms with Crippen molar-refractivity contribution in [1.29, 1.82) is 0 Å². The van der Waals surface area contributed by atoms with E-state index in [-0.39, 0.29) is 23.7 Å². The summed E-state index contributed by atoms with van der Waals surface area (Å²) in [5.41, 5.74) is 0.926. The van der Waals surface area contributed by atoms with Crippen molar-refractivity contribution in [2.75, 3.05) is 18.5 Å². The predicted octanol–water partition coefficient (Wildman–Crippen LogP) is 2.66. The molecule has 0 aliphatic carbocycles. The number of esters is 1. The van der Waals surface area contributed by atoms with Gasteiger partial charge in [0.2, 0.25) is 0 Å². The van der Waals surface area contributed by atoms with E-state index in [1.165, 1.54) is 23.5 Å². The second kappa shape index (κ2) is 10.2. The number of hydrogen-bond donors (Lipinski definition) is 2. The molecule has 148 valence electrons. The Labute approximate surface area is 164 Å². The molecule has 0 radical (unpaired) electrons. The molecule has 0 aliphatic rings. The van der Waals surface area contributed by atoms with Crippen LogP contribution < -0.4 is 10.6 Å². The second-order valence-corrected chi connectivity index (χ2v) is 6.59. The van der Waals surface area contributed by atoms with Crippen LogP contribution in [0.2, 0.25) is 0 Å². The van der Waals surface area contributed by atoms with Crippen LogP contribution in [0.3, 0.4) is 0 Å². The van der Waals surface area contributed by atoms with E-state index in [9.17, 15) is 24.5 Å². The quantitative estimate of drug-likeness (QED) is 0.286. The number of anilines is 1. The lowest BCUT2D eigenvalue weighted by atomic mass is 10.1. The van der Waals surface area contributed by atoms with Gasteiger partial charge in [0, 0.05) is 30.0 Å². The minimum absolute atomic E-state index is 0.0295. The first-order valence-electron chi connectivity index (χ1n) is 8.38. The molecule has 0 spiro atoms. The van der Waals surface area contributed by atoms with Gasteiger partial charge >= 0.3 is 5.97 Å². The van der Waals surface area contributed by atoms with Crippen molar-refractivity contribution >= 4 is 40.5 Å². The Morgan fingerprint density at radius 2 is 2.04 bits per heavy atom. The third kappa shape index (κ3) is 6.16. The molecular formula is C18H19N3O6S. The predicted molar refractivity (Wildman–Crippen MR) is 103 cm³/mol. The summed E-state index contributed by atoms with van der Waals surface area (Å²) < 4.78 is 4.86. The fourth-order valence-corrected chi connectivity index (χ4v) is 2.93. The Kier molecular flexibility index (Phi) is 7.64. The van der Waals surface area contributed by atoms with Gasteiger partial charge in [0.05, 0.1) is 4.92 Å². The number of carbonyl (C=O) groups excluding carboxylic acids is 3. The van der Waals surface area contributed by atoms with Crippen molar-refractivity contribution in [3.63, 3.8) is 0 Å². The van der Waals surface area contributed by atoms with Gasteiger partial charge in [-0.3, -0.25) is 24.5 Å². The molecule has 10 heteroatoms. The van der Waals surface area contributed by atoms with E-state index >= 15 is 0 Å². The Hall–Kier alpha value is -3.27. The Bertz CT molecular complexity index is 866. The number of aryl methyl sites for hydroxylation is 1. The van der Waals surface area contributed by atoms with Crippen molar-refractivity contribution in [3.8, 4) is 0 Å². The number of carbonyl (C=O) groups is 3. The molecule has 1 aromatic heterocycles. The number of benzene rings is 1. The lowest BCUT2D eigenvalue weighted by Crippen LogP contribution is -2.25. The normalized spacial score (nSPS) is 10.2. The van der Waals surface area contributed by atoms with Gasteiger partial charge in [-0.05, 0) is 30.4 Å². The van der Waals surface area contributed by atoms with E-state index in [1.54, 1.807) is 29.8 Å². The lowest BCUT2D eigenvalue weighted by molar-refractivity contribution is -0.384. The van der Waals surface area contributed by atoms with Crippen LogP contribution >= 0.6 is 11.3 Å². The van der Waals surface area contributed by atoms with Gasteiger partial charge in [-0.2, -0.15) is 11.3 Å². The maximum Gasteiger partial charge on any atom is 0.306 e. The van der Waals surface area contributed by atoms with Crippen molar-refractivity contribution in [2.45, 2.75) is 19.8 Å². The molecule has 9 nitrogen and oxygen atoms in total. The number of rotatable bonds is 9. The molecule has 0 fully saturated rings. The second-order valence-electron chi connectivity index (χ2n) is 5.81. The van der Waals surface area contributed by atoms with Gasteiger partial charge in [0.15, 0.2) is 6.61 Å². The fourth-order valence-electron chi connectivity index (χ4n) is 2.29. The van der Waals surface area contributed by atoms with E-state index in [4.69, 9.17) is 4.74 Å². The minimum Gasteiger partial charge on any atom is -0.456 e. The molecule has 1 aromatic carbocycles. The average molecular weight is 405 g/mol. The van der Waals surface area contributed by atoms with Gasteiger partial charge in [-0.15, -0.1) is 0 Å². The molecule has 2 N–H and O–H groups in total. The summed E-state index contributed by atoms with van der Waals surface area (Å²) in [6.45, 7) is 1.37. The van der Waals surface area contributed by atoms with Crippen molar-refractivity contribution < 1.29 is 24.0 Å². The number of thiophene rings is 1. The van der Waals surface area contributed by atoms with Gasteiger partial charge < -0.3 is 15.4 Å². The highest BCUT2D eigenvalue weighted by Crippen LogP contribution is 2.27. The topological polar surface area (TPSA) is 128 Å². The zero-order valence-electron chi connectivity index (χ0n) is 15.1. The first-order chi connectivity index (χ1) is 13.4. The van der Waals surface area contributed by atoms with Crippen LogP contribution in [-0.2, 0) is 14.3 Å². The van der Waals surface area contributed by atoms with Crippen LogP contribution in [-0.4, -0.2) is 35.9 Å². The Morgan fingerprint density at radius 3 is 2.71 bits per heavy atom. The number of nitrogens with zero attached hydrogens (tertiary/aromatic N) is 1. The standard InChI is InChI=1S/C18H19N3O6S/c1-12-4-2-5-14(21(25)26)17(12)20-15(22)10-27-16(23)6-3-8-19-18(24)13-7-9-28-11-13/h2,4-5,7,9,11H,3,6,8,10H2,1H3,(H,19,24)(H,20,22). The summed E-state index contributed by atoms with van der Waals surface area (Å²) >= 11 is 1.41. The van der Waals surface area contributed by atoms with Gasteiger partial charge in [-0.1, -0.05) is 12.1 Å².